The van der Waals surface area contributed by atoms with Crippen molar-refractivity contribution >= 4 is 29.4 Å². The Balaban J connectivity index is 1.32. The molecule has 16 heteroatoms. The average Bonchev–Trinajstić information content (AvgIpc) is 3.44. The predicted octanol–water partition coefficient (Wildman–Crippen LogP) is 0.614. The van der Waals surface area contributed by atoms with Crippen LogP contribution in [0.1, 0.15) is 5.69 Å². The van der Waals surface area contributed by atoms with Crippen LogP contribution in [0.4, 0.5) is 34.1 Å². The molecule has 36 heavy (non-hydrogen) atoms. The summed E-state index contributed by atoms with van der Waals surface area (Å²) in [7, 11) is 0. The zero-order valence-corrected chi connectivity index (χ0v) is 18.8. The van der Waals surface area contributed by atoms with Gasteiger partial charge < -0.3 is 20.3 Å². The number of H-pyrrole nitrogens is 1. The highest BCUT2D eigenvalue weighted by Gasteiger charge is 2.33. The van der Waals surface area contributed by atoms with Gasteiger partial charge in [-0.15, -0.1) is 0 Å². The molecule has 2 aliphatic rings. The molecule has 194 valence electrons. The number of aromatic nitrogens is 3. The number of urea groups is 1. The van der Waals surface area contributed by atoms with Crippen LogP contribution in [0.2, 0.25) is 0 Å². The van der Waals surface area contributed by atoms with Crippen molar-refractivity contribution < 1.29 is 37.1 Å². The largest absolute Gasteiger partial charge is 0.442 e. The summed E-state index contributed by atoms with van der Waals surface area (Å²) < 4.78 is 44.7. The lowest BCUT2D eigenvalue weighted by molar-refractivity contribution is -0.132. The number of amides is 4. The van der Waals surface area contributed by atoms with Crippen molar-refractivity contribution in [2.75, 3.05) is 49.1 Å². The number of nitrogens with zero attached hydrogens (tertiary/aromatic N) is 5. The van der Waals surface area contributed by atoms with E-state index in [1.165, 1.54) is 18.3 Å². The first-order valence-corrected chi connectivity index (χ1v) is 10.9. The van der Waals surface area contributed by atoms with E-state index in [9.17, 15) is 23.2 Å². The minimum atomic E-state index is -3.18. The Hall–Kier alpha value is -4.08. The lowest BCUT2D eigenvalue weighted by Gasteiger charge is -2.24. The molecule has 2 fully saturated rings. The van der Waals surface area contributed by atoms with Crippen molar-refractivity contribution in [1.29, 1.82) is 0 Å². The number of anilines is 2. The van der Waals surface area contributed by atoms with Crippen LogP contribution in [-0.4, -0.2) is 90.4 Å². The van der Waals surface area contributed by atoms with Crippen molar-refractivity contribution in [3.8, 4) is 0 Å². The van der Waals surface area contributed by atoms with Crippen LogP contribution in [-0.2, 0) is 20.9 Å². The van der Waals surface area contributed by atoms with Crippen molar-refractivity contribution in [3.63, 3.8) is 0 Å². The normalized spacial score (nSPS) is 18.3. The van der Waals surface area contributed by atoms with E-state index in [2.05, 4.69) is 20.7 Å². The summed E-state index contributed by atoms with van der Waals surface area (Å²) in [4.78, 5) is 43.9. The molecule has 1 atom stereocenters. The SMILES string of the molecule is O=C(NCC1CN(c2ccc(N3CCON(C(=O)NCc4cn[nH]n4)CC3)c(F)c2)C(=O)O1)C(F)F. The standard InChI is InChI=1S/C20H23F3N8O5/c21-15-7-13(30-11-14(36-20(30)34)10-24-18(32)17(22)23)1-2-16(15)29-3-4-31(35-6-5-29)19(33)25-8-12-9-26-28-27-12/h1-2,7,9,14,17H,3-6,8,10-11H2,(H,24,32)(H,25,33)(H,26,27,28). The summed E-state index contributed by atoms with van der Waals surface area (Å²) in [5.41, 5.74) is 1.01. The molecule has 2 aliphatic heterocycles. The van der Waals surface area contributed by atoms with E-state index in [4.69, 9.17) is 9.57 Å². The van der Waals surface area contributed by atoms with Gasteiger partial charge in [-0.25, -0.2) is 19.0 Å². The fourth-order valence-electron chi connectivity index (χ4n) is 3.67. The highest BCUT2D eigenvalue weighted by Crippen LogP contribution is 2.28. The quantitative estimate of drug-likeness (QED) is 0.490. The second-order valence-corrected chi connectivity index (χ2v) is 7.84. The van der Waals surface area contributed by atoms with Crippen LogP contribution in [0, 0.1) is 5.82 Å². The second-order valence-electron chi connectivity index (χ2n) is 7.84. The fraction of sp³-hybridized carbons (Fsp3) is 0.450. The van der Waals surface area contributed by atoms with E-state index in [1.807, 2.05) is 5.32 Å². The maximum Gasteiger partial charge on any atom is 0.414 e. The molecule has 13 nitrogen and oxygen atoms in total. The van der Waals surface area contributed by atoms with Crippen molar-refractivity contribution in [2.45, 2.75) is 19.1 Å². The Bertz CT molecular complexity index is 1090. The molecule has 1 aromatic carbocycles. The maximum atomic E-state index is 15.0. The number of halogens is 3. The number of ether oxygens (including phenoxy) is 1. The zero-order valence-electron chi connectivity index (χ0n) is 18.8. The number of aromatic amines is 1. The number of nitrogens with one attached hydrogen (secondary N) is 3. The monoisotopic (exact) mass is 512 g/mol. The first-order chi connectivity index (χ1) is 17.3. The lowest BCUT2D eigenvalue weighted by Crippen LogP contribution is -2.41. The Labute approximate surface area is 202 Å². The van der Waals surface area contributed by atoms with Crippen molar-refractivity contribution in [1.82, 2.24) is 31.1 Å². The number of rotatable bonds is 7. The molecular formula is C20H23F3N8O5. The number of hydrogen-bond acceptors (Lipinski definition) is 8. The van der Waals surface area contributed by atoms with E-state index in [0.29, 0.717) is 12.2 Å². The molecule has 0 bridgehead atoms. The minimum absolute atomic E-state index is 0.0445. The van der Waals surface area contributed by atoms with E-state index in [-0.39, 0.29) is 50.7 Å². The molecule has 2 saturated heterocycles. The van der Waals surface area contributed by atoms with Crippen LogP contribution in [0.25, 0.3) is 0 Å². The number of carbonyl (C=O) groups excluding carboxylic acids is 3. The Morgan fingerprint density at radius 3 is 2.78 bits per heavy atom. The highest BCUT2D eigenvalue weighted by atomic mass is 19.3. The van der Waals surface area contributed by atoms with E-state index < -0.39 is 36.4 Å². The minimum Gasteiger partial charge on any atom is -0.442 e. The molecule has 3 N–H and O–H groups in total. The number of alkyl halides is 2. The summed E-state index contributed by atoms with van der Waals surface area (Å²) in [6.45, 7) is 0.707. The van der Waals surface area contributed by atoms with Crippen molar-refractivity contribution in [2.24, 2.45) is 0 Å². The summed E-state index contributed by atoms with van der Waals surface area (Å²) >= 11 is 0. The van der Waals surface area contributed by atoms with Gasteiger partial charge in [0.2, 0.25) is 0 Å². The average molecular weight is 512 g/mol. The molecule has 4 rings (SSSR count). The highest BCUT2D eigenvalue weighted by molar-refractivity contribution is 5.90. The van der Waals surface area contributed by atoms with Gasteiger partial charge in [-0.05, 0) is 18.2 Å². The van der Waals surface area contributed by atoms with Crippen molar-refractivity contribution in [3.05, 3.63) is 35.9 Å². The van der Waals surface area contributed by atoms with Gasteiger partial charge in [0.15, 0.2) is 0 Å². The van der Waals surface area contributed by atoms with Crippen LogP contribution in [0.5, 0.6) is 0 Å². The topological polar surface area (TPSA) is 145 Å². The van der Waals surface area contributed by atoms with E-state index in [0.717, 1.165) is 16.0 Å². The van der Waals surface area contributed by atoms with Crippen LogP contribution in [0.15, 0.2) is 24.4 Å². The molecule has 2 aromatic rings. The van der Waals surface area contributed by atoms with Crippen LogP contribution >= 0.6 is 0 Å². The number of hydrogen-bond donors (Lipinski definition) is 3. The molecule has 0 saturated carbocycles. The fourth-order valence-corrected chi connectivity index (χ4v) is 3.67. The molecular weight excluding hydrogens is 489 g/mol. The van der Waals surface area contributed by atoms with Gasteiger partial charge >= 0.3 is 18.5 Å². The van der Waals surface area contributed by atoms with Gasteiger partial charge in [0, 0.05) is 13.1 Å². The number of cyclic esters (lactones) is 1. The smallest absolute Gasteiger partial charge is 0.414 e. The molecule has 0 radical (unpaired) electrons. The van der Waals surface area contributed by atoms with Gasteiger partial charge in [0.1, 0.15) is 17.6 Å². The van der Waals surface area contributed by atoms with Gasteiger partial charge in [-0.1, -0.05) is 0 Å². The number of carbonyl (C=O) groups is 3. The summed E-state index contributed by atoms with van der Waals surface area (Å²) in [6.07, 6.45) is -3.34. The molecule has 1 unspecified atom stereocenters. The Morgan fingerprint density at radius 1 is 1.22 bits per heavy atom. The third-order valence-electron chi connectivity index (χ3n) is 5.45. The van der Waals surface area contributed by atoms with E-state index in [1.54, 1.807) is 4.90 Å². The molecule has 4 amide bonds. The Morgan fingerprint density at radius 2 is 2.06 bits per heavy atom. The van der Waals surface area contributed by atoms with Crippen LogP contribution in [0.3, 0.4) is 0 Å². The number of benzene rings is 1. The molecule has 3 heterocycles. The Kier molecular flexibility index (Phi) is 7.72. The van der Waals surface area contributed by atoms with Gasteiger partial charge in [-0.2, -0.15) is 24.2 Å². The molecule has 0 spiro atoms. The number of hydroxylamine groups is 2. The van der Waals surface area contributed by atoms with Gasteiger partial charge in [0.05, 0.1) is 50.4 Å². The lowest BCUT2D eigenvalue weighted by atomic mass is 10.2. The maximum absolute atomic E-state index is 15.0. The molecule has 0 aliphatic carbocycles. The summed E-state index contributed by atoms with van der Waals surface area (Å²) in [5, 5.41) is 15.7. The summed E-state index contributed by atoms with van der Waals surface area (Å²) in [5.74, 6) is -2.08. The second kappa shape index (κ2) is 11.1. The predicted molar refractivity (Wildman–Crippen MR) is 117 cm³/mol. The molecule has 1 aromatic heterocycles. The van der Waals surface area contributed by atoms with E-state index >= 15 is 4.39 Å². The van der Waals surface area contributed by atoms with Crippen LogP contribution < -0.4 is 20.4 Å². The first-order valence-electron chi connectivity index (χ1n) is 10.9. The third-order valence-corrected chi connectivity index (χ3v) is 5.45. The van der Waals surface area contributed by atoms with Gasteiger partial charge in [-0.3, -0.25) is 14.5 Å². The third kappa shape index (κ3) is 5.94. The first kappa shape index (κ1) is 25.0. The zero-order chi connectivity index (χ0) is 25.7. The summed E-state index contributed by atoms with van der Waals surface area (Å²) in [6, 6.07) is 3.70. The van der Waals surface area contributed by atoms with Gasteiger partial charge in [0.25, 0.3) is 5.91 Å².